The zero-order valence-corrected chi connectivity index (χ0v) is 12.4. The van der Waals surface area contributed by atoms with Crippen LogP contribution in [-0.4, -0.2) is 0 Å². The van der Waals surface area contributed by atoms with Crippen LogP contribution in [0.1, 0.15) is 22.5 Å². The molecule has 0 saturated carbocycles. The number of furan rings is 1. The van der Waals surface area contributed by atoms with Crippen LogP contribution in [0.25, 0.3) is 21.9 Å². The van der Waals surface area contributed by atoms with Crippen molar-refractivity contribution in [2.45, 2.75) is 27.3 Å². The van der Waals surface area contributed by atoms with E-state index in [0.717, 1.165) is 38.8 Å². The molecule has 0 bridgehead atoms. The Balaban J connectivity index is 0.00000147. The monoisotopic (exact) mass is 293 g/mol. The molecule has 0 fully saturated rings. The number of rotatable bonds is 1. The smallest absolute Gasteiger partial charge is 0.336 e. The lowest BCUT2D eigenvalue weighted by Gasteiger charge is -2.06. The molecular weight excluding hydrogens is 278 g/mol. The summed E-state index contributed by atoms with van der Waals surface area (Å²) in [6.07, 6.45) is 0. The predicted molar refractivity (Wildman–Crippen MR) is 81.6 cm³/mol. The zero-order chi connectivity index (χ0) is 13.7. The van der Waals surface area contributed by atoms with Crippen LogP contribution in [0.3, 0.4) is 0 Å². The lowest BCUT2D eigenvalue weighted by Crippen LogP contribution is -2.05. The van der Waals surface area contributed by atoms with Gasteiger partial charge in [0.25, 0.3) is 0 Å². The fourth-order valence-corrected chi connectivity index (χ4v) is 2.50. The average Bonchev–Trinajstić information content (AvgIpc) is 2.67. The van der Waals surface area contributed by atoms with Gasteiger partial charge in [-0.1, -0.05) is 0 Å². The van der Waals surface area contributed by atoms with Gasteiger partial charge in [0.05, 0.1) is 0 Å². The van der Waals surface area contributed by atoms with Gasteiger partial charge in [-0.25, -0.2) is 4.79 Å². The summed E-state index contributed by atoms with van der Waals surface area (Å²) in [6.45, 7) is 6.16. The molecule has 4 nitrogen and oxygen atoms in total. The Morgan fingerprint density at radius 2 is 1.65 bits per heavy atom. The van der Waals surface area contributed by atoms with Crippen molar-refractivity contribution in [3.63, 3.8) is 0 Å². The summed E-state index contributed by atoms with van der Waals surface area (Å²) in [6, 6.07) is 3.45. The largest absolute Gasteiger partial charge is 0.461 e. The van der Waals surface area contributed by atoms with Crippen LogP contribution in [0.15, 0.2) is 25.8 Å². The van der Waals surface area contributed by atoms with Crippen LogP contribution in [0.5, 0.6) is 0 Å². The van der Waals surface area contributed by atoms with Crippen LogP contribution >= 0.6 is 12.4 Å². The van der Waals surface area contributed by atoms with Gasteiger partial charge in [-0.2, -0.15) is 0 Å². The maximum atomic E-state index is 11.6. The van der Waals surface area contributed by atoms with E-state index in [1.807, 2.05) is 26.8 Å². The summed E-state index contributed by atoms with van der Waals surface area (Å²) < 4.78 is 11.1. The van der Waals surface area contributed by atoms with Crippen molar-refractivity contribution in [2.24, 2.45) is 5.73 Å². The third-order valence-corrected chi connectivity index (χ3v) is 3.71. The topological polar surface area (TPSA) is 69.4 Å². The fraction of sp³-hybridized carbons (Fsp3) is 0.267. The number of nitrogens with two attached hydrogens (primary N) is 1. The molecule has 1 aromatic carbocycles. The first-order chi connectivity index (χ1) is 9.02. The second kappa shape index (κ2) is 4.96. The second-order valence-corrected chi connectivity index (χ2v) is 4.83. The van der Waals surface area contributed by atoms with Crippen molar-refractivity contribution in [1.29, 1.82) is 0 Å². The molecule has 3 aromatic rings. The Kier molecular flexibility index (Phi) is 3.63. The molecule has 106 valence electrons. The normalized spacial score (nSPS) is 11.0. The Morgan fingerprint density at radius 1 is 1.00 bits per heavy atom. The van der Waals surface area contributed by atoms with E-state index in [1.54, 1.807) is 0 Å². The highest BCUT2D eigenvalue weighted by atomic mass is 35.5. The summed E-state index contributed by atoms with van der Waals surface area (Å²) in [7, 11) is 0. The Morgan fingerprint density at radius 3 is 2.30 bits per heavy atom. The SMILES string of the molecule is Cc1oc2c(C)c3oc(=O)cc(CN)c3cc2c1C.Cl. The molecule has 0 atom stereocenters. The molecule has 0 radical (unpaired) electrons. The van der Waals surface area contributed by atoms with Gasteiger partial charge in [-0.3, -0.25) is 0 Å². The minimum absolute atomic E-state index is 0. The van der Waals surface area contributed by atoms with Crippen LogP contribution in [0.2, 0.25) is 0 Å². The minimum atomic E-state index is -0.379. The number of fused-ring (bicyclic) bond motifs is 2. The lowest BCUT2D eigenvalue weighted by molar-refractivity contribution is 0.550. The highest BCUT2D eigenvalue weighted by Gasteiger charge is 2.16. The molecule has 20 heavy (non-hydrogen) atoms. The molecule has 3 rings (SSSR count). The van der Waals surface area contributed by atoms with E-state index < -0.39 is 0 Å². The molecule has 0 spiro atoms. The van der Waals surface area contributed by atoms with E-state index in [-0.39, 0.29) is 18.0 Å². The van der Waals surface area contributed by atoms with E-state index in [2.05, 4.69) is 0 Å². The molecular formula is C15H16ClNO3. The zero-order valence-electron chi connectivity index (χ0n) is 11.6. The van der Waals surface area contributed by atoms with Crippen molar-refractivity contribution < 1.29 is 8.83 Å². The minimum Gasteiger partial charge on any atom is -0.461 e. The predicted octanol–water partition coefficient (Wildman–Crippen LogP) is 3.34. The highest BCUT2D eigenvalue weighted by Crippen LogP contribution is 2.33. The first-order valence-electron chi connectivity index (χ1n) is 6.19. The van der Waals surface area contributed by atoms with E-state index in [1.165, 1.54) is 6.07 Å². The molecule has 2 heterocycles. The number of aryl methyl sites for hydroxylation is 3. The van der Waals surface area contributed by atoms with Crippen LogP contribution in [-0.2, 0) is 6.54 Å². The summed E-state index contributed by atoms with van der Waals surface area (Å²) >= 11 is 0. The van der Waals surface area contributed by atoms with Gasteiger partial charge in [0.1, 0.15) is 16.9 Å². The van der Waals surface area contributed by atoms with Crippen LogP contribution in [0, 0.1) is 20.8 Å². The number of halogens is 1. The average molecular weight is 294 g/mol. The second-order valence-electron chi connectivity index (χ2n) is 4.83. The number of benzene rings is 1. The maximum Gasteiger partial charge on any atom is 0.336 e. The van der Waals surface area contributed by atoms with Crippen molar-refractivity contribution in [3.8, 4) is 0 Å². The van der Waals surface area contributed by atoms with Crippen molar-refractivity contribution in [1.82, 2.24) is 0 Å². The van der Waals surface area contributed by atoms with E-state index in [4.69, 9.17) is 14.6 Å². The highest BCUT2D eigenvalue weighted by molar-refractivity contribution is 5.99. The maximum absolute atomic E-state index is 11.6. The van der Waals surface area contributed by atoms with Crippen molar-refractivity contribution >= 4 is 34.3 Å². The molecule has 0 amide bonds. The third-order valence-electron chi connectivity index (χ3n) is 3.71. The van der Waals surface area contributed by atoms with Crippen molar-refractivity contribution in [2.75, 3.05) is 0 Å². The van der Waals surface area contributed by atoms with Gasteiger partial charge in [-0.05, 0) is 38.0 Å². The first-order valence-corrected chi connectivity index (χ1v) is 6.19. The molecule has 0 saturated heterocycles. The summed E-state index contributed by atoms with van der Waals surface area (Å²) in [4.78, 5) is 11.6. The molecule has 0 unspecified atom stereocenters. The summed E-state index contributed by atoms with van der Waals surface area (Å²) in [5.74, 6) is 0.880. The van der Waals surface area contributed by atoms with Gasteiger partial charge in [0.15, 0.2) is 0 Å². The van der Waals surface area contributed by atoms with Gasteiger partial charge in [0.2, 0.25) is 0 Å². The summed E-state index contributed by atoms with van der Waals surface area (Å²) in [5, 5.41) is 1.93. The van der Waals surface area contributed by atoms with E-state index in [0.29, 0.717) is 12.1 Å². The van der Waals surface area contributed by atoms with E-state index in [9.17, 15) is 4.79 Å². The Bertz CT molecular complexity index is 861. The molecule has 2 aromatic heterocycles. The fourth-order valence-electron chi connectivity index (χ4n) is 2.50. The quantitative estimate of drug-likeness (QED) is 0.699. The number of hydrogen-bond acceptors (Lipinski definition) is 4. The summed E-state index contributed by atoms with van der Waals surface area (Å²) in [5.41, 5.74) is 9.43. The van der Waals surface area contributed by atoms with E-state index >= 15 is 0 Å². The van der Waals surface area contributed by atoms with Gasteiger partial charge >= 0.3 is 5.63 Å². The van der Waals surface area contributed by atoms with Gasteiger partial charge in [0, 0.05) is 28.9 Å². The Hall–Kier alpha value is -1.78. The van der Waals surface area contributed by atoms with Gasteiger partial charge < -0.3 is 14.6 Å². The molecule has 2 N–H and O–H groups in total. The number of hydrogen-bond donors (Lipinski definition) is 1. The molecule has 0 aliphatic heterocycles. The standard InChI is InChI=1S/C15H15NO3.ClH/c1-7-9(3)18-14-8(2)15-12(5-11(7)14)10(6-16)4-13(17)19-15;/h4-5H,6,16H2,1-3H3;1H. The van der Waals surface area contributed by atoms with Crippen LogP contribution < -0.4 is 11.4 Å². The molecule has 0 aliphatic rings. The lowest BCUT2D eigenvalue weighted by atomic mass is 10.0. The van der Waals surface area contributed by atoms with Crippen molar-refractivity contribution in [3.05, 3.63) is 45.0 Å². The third kappa shape index (κ3) is 1.92. The first kappa shape index (κ1) is 14.6. The molecule has 5 heteroatoms. The van der Waals surface area contributed by atoms with Crippen LogP contribution in [0.4, 0.5) is 0 Å². The molecule has 0 aliphatic carbocycles. The Labute approximate surface area is 122 Å². The van der Waals surface area contributed by atoms with Gasteiger partial charge in [-0.15, -0.1) is 12.4 Å².